The van der Waals surface area contributed by atoms with Crippen LogP contribution in [0.5, 0.6) is 5.75 Å². The molecule has 2 fully saturated rings. The number of fused-ring (bicyclic) bond motifs is 2. The highest BCUT2D eigenvalue weighted by atomic mass is 16.5. The summed E-state index contributed by atoms with van der Waals surface area (Å²) < 4.78 is 5.72. The maximum Gasteiger partial charge on any atom is 0.254 e. The van der Waals surface area contributed by atoms with Crippen molar-refractivity contribution >= 4 is 5.91 Å². The molecule has 2 atom stereocenters. The monoisotopic (exact) mass is 287 g/mol. The van der Waals surface area contributed by atoms with Crippen LogP contribution >= 0.6 is 0 Å². The molecule has 1 saturated carbocycles. The Balaban J connectivity index is 1.56. The van der Waals surface area contributed by atoms with E-state index in [-0.39, 0.29) is 11.4 Å². The van der Waals surface area contributed by atoms with Crippen LogP contribution in [-0.2, 0) is 6.54 Å². The Morgan fingerprint density at radius 1 is 1.48 bits per heavy atom. The van der Waals surface area contributed by atoms with Gasteiger partial charge >= 0.3 is 0 Å². The number of amides is 1. The smallest absolute Gasteiger partial charge is 0.254 e. The third kappa shape index (κ3) is 2.12. The van der Waals surface area contributed by atoms with Crippen LogP contribution in [-0.4, -0.2) is 42.6 Å². The zero-order chi connectivity index (χ0) is 14.4. The molecule has 1 saturated heterocycles. The Morgan fingerprint density at radius 3 is 3.10 bits per heavy atom. The van der Waals surface area contributed by atoms with E-state index in [1.807, 2.05) is 23.1 Å². The molecule has 1 aromatic rings. The van der Waals surface area contributed by atoms with Gasteiger partial charge < -0.3 is 20.7 Å². The van der Waals surface area contributed by atoms with Gasteiger partial charge in [-0.05, 0) is 30.9 Å². The second-order valence-corrected chi connectivity index (χ2v) is 6.50. The summed E-state index contributed by atoms with van der Waals surface area (Å²) in [5, 5.41) is 3.30. The fourth-order valence-electron chi connectivity index (χ4n) is 3.65. The summed E-state index contributed by atoms with van der Waals surface area (Å²) in [5.74, 6) is 1.40. The topological polar surface area (TPSA) is 67.6 Å². The molecule has 0 bridgehead atoms. The Bertz CT molecular complexity index is 589. The van der Waals surface area contributed by atoms with Gasteiger partial charge in [-0.1, -0.05) is 6.07 Å². The summed E-state index contributed by atoms with van der Waals surface area (Å²) in [6.07, 6.45) is 2.19. The number of hydrogen-bond donors (Lipinski definition) is 2. The number of nitrogens with one attached hydrogen (secondary N) is 1. The van der Waals surface area contributed by atoms with Crippen LogP contribution in [0, 0.1) is 5.92 Å². The first-order valence-corrected chi connectivity index (χ1v) is 7.70. The number of carbonyl (C=O) groups is 1. The quantitative estimate of drug-likeness (QED) is 0.799. The molecule has 5 nitrogen and oxygen atoms in total. The average Bonchev–Trinajstić information content (AvgIpc) is 2.67. The Kier molecular flexibility index (Phi) is 2.94. The van der Waals surface area contributed by atoms with Gasteiger partial charge in [0.25, 0.3) is 5.91 Å². The number of rotatable bonds is 1. The molecule has 0 aromatic heterocycles. The van der Waals surface area contributed by atoms with Crippen molar-refractivity contribution in [1.29, 1.82) is 0 Å². The van der Waals surface area contributed by atoms with Crippen molar-refractivity contribution in [2.45, 2.75) is 24.9 Å². The molecule has 5 heteroatoms. The second kappa shape index (κ2) is 4.71. The highest BCUT2D eigenvalue weighted by Gasteiger charge is 2.51. The van der Waals surface area contributed by atoms with Gasteiger partial charge in [0, 0.05) is 42.8 Å². The normalized spacial score (nSPS) is 30.7. The van der Waals surface area contributed by atoms with Crippen LogP contribution in [0.25, 0.3) is 0 Å². The predicted molar refractivity (Wildman–Crippen MR) is 79.2 cm³/mol. The van der Waals surface area contributed by atoms with Crippen LogP contribution in [0.2, 0.25) is 0 Å². The maximum absolute atomic E-state index is 12.7. The lowest BCUT2D eigenvalue weighted by Gasteiger charge is -2.39. The molecule has 1 aromatic carbocycles. The van der Waals surface area contributed by atoms with Crippen molar-refractivity contribution in [2.75, 3.05) is 26.2 Å². The van der Waals surface area contributed by atoms with Gasteiger partial charge in [0.2, 0.25) is 0 Å². The molecule has 3 aliphatic rings. The Hall–Kier alpha value is -1.59. The maximum atomic E-state index is 12.7. The third-order valence-electron chi connectivity index (χ3n) is 5.15. The van der Waals surface area contributed by atoms with Crippen LogP contribution in [0.15, 0.2) is 18.2 Å². The summed E-state index contributed by atoms with van der Waals surface area (Å²) in [6.45, 7) is 3.76. The number of hydrogen-bond acceptors (Lipinski definition) is 4. The van der Waals surface area contributed by atoms with Gasteiger partial charge in [-0.2, -0.15) is 0 Å². The molecule has 21 heavy (non-hydrogen) atoms. The van der Waals surface area contributed by atoms with E-state index in [4.69, 9.17) is 10.5 Å². The van der Waals surface area contributed by atoms with Gasteiger partial charge in [0.1, 0.15) is 12.4 Å². The van der Waals surface area contributed by atoms with Crippen LogP contribution < -0.4 is 15.8 Å². The molecule has 112 valence electrons. The zero-order valence-corrected chi connectivity index (χ0v) is 12.1. The molecular weight excluding hydrogens is 266 g/mol. The molecule has 1 aliphatic carbocycles. The number of nitrogens with two attached hydrogens (primary N) is 1. The van der Waals surface area contributed by atoms with Gasteiger partial charge in [-0.15, -0.1) is 0 Å². The zero-order valence-electron chi connectivity index (χ0n) is 12.1. The SMILES string of the molecule is N[C@]12CC[C@H]1CN(C(=O)c1ccc3c(c1)OCCNC3)C2. The molecule has 0 unspecified atom stereocenters. The van der Waals surface area contributed by atoms with Gasteiger partial charge in [-0.25, -0.2) is 0 Å². The van der Waals surface area contributed by atoms with Crippen LogP contribution in [0.1, 0.15) is 28.8 Å². The molecular formula is C16H21N3O2. The van der Waals surface area contributed by atoms with Gasteiger partial charge in [0.05, 0.1) is 0 Å². The molecule has 0 radical (unpaired) electrons. The second-order valence-electron chi connectivity index (χ2n) is 6.50. The minimum atomic E-state index is -0.123. The van der Waals surface area contributed by atoms with Crippen molar-refractivity contribution in [3.8, 4) is 5.75 Å². The van der Waals surface area contributed by atoms with Gasteiger partial charge in [0.15, 0.2) is 0 Å². The lowest BCUT2D eigenvalue weighted by molar-refractivity contribution is 0.0784. The lowest BCUT2D eigenvalue weighted by atomic mass is 9.70. The van der Waals surface area contributed by atoms with E-state index in [2.05, 4.69) is 5.32 Å². The van der Waals surface area contributed by atoms with Gasteiger partial charge in [-0.3, -0.25) is 4.79 Å². The van der Waals surface area contributed by atoms with Crippen LogP contribution in [0.3, 0.4) is 0 Å². The van der Waals surface area contributed by atoms with E-state index in [1.165, 1.54) is 0 Å². The van der Waals surface area contributed by atoms with E-state index in [0.717, 1.165) is 43.8 Å². The molecule has 4 rings (SSSR count). The van der Waals surface area contributed by atoms with Crippen molar-refractivity contribution in [3.05, 3.63) is 29.3 Å². The summed E-state index contributed by atoms with van der Waals surface area (Å²) in [5.41, 5.74) is 8.02. The fourth-order valence-corrected chi connectivity index (χ4v) is 3.65. The number of carbonyl (C=O) groups excluding carboxylic acids is 1. The summed E-state index contributed by atoms with van der Waals surface area (Å²) in [7, 11) is 0. The van der Waals surface area contributed by atoms with Crippen LogP contribution in [0.4, 0.5) is 0 Å². The number of likely N-dealkylation sites (tertiary alicyclic amines) is 1. The summed E-state index contributed by atoms with van der Waals surface area (Å²) in [4.78, 5) is 14.6. The first kappa shape index (κ1) is 13.1. The largest absolute Gasteiger partial charge is 0.492 e. The highest BCUT2D eigenvalue weighted by Crippen LogP contribution is 2.42. The summed E-state index contributed by atoms with van der Waals surface area (Å²) in [6, 6.07) is 5.78. The molecule has 3 N–H and O–H groups in total. The van der Waals surface area contributed by atoms with E-state index < -0.39 is 0 Å². The third-order valence-corrected chi connectivity index (χ3v) is 5.15. The standard InChI is InChI=1S/C16H21N3O2/c17-16-4-3-13(16)9-19(10-16)15(20)11-1-2-12-8-18-5-6-21-14(12)7-11/h1-2,7,13,18H,3-6,8-10,17H2/t13-,16-/m0/s1. The number of ether oxygens (including phenoxy) is 1. The first-order chi connectivity index (χ1) is 10.2. The average molecular weight is 287 g/mol. The van der Waals surface area contributed by atoms with E-state index in [1.54, 1.807) is 0 Å². The first-order valence-electron chi connectivity index (χ1n) is 7.70. The van der Waals surface area contributed by atoms with Crippen molar-refractivity contribution in [3.63, 3.8) is 0 Å². The summed E-state index contributed by atoms with van der Waals surface area (Å²) >= 11 is 0. The van der Waals surface area contributed by atoms with Crippen molar-refractivity contribution in [1.82, 2.24) is 10.2 Å². The molecule has 0 spiro atoms. The van der Waals surface area contributed by atoms with E-state index in [9.17, 15) is 4.79 Å². The van der Waals surface area contributed by atoms with E-state index in [0.29, 0.717) is 24.6 Å². The minimum Gasteiger partial charge on any atom is -0.492 e. The molecule has 2 aliphatic heterocycles. The highest BCUT2D eigenvalue weighted by molar-refractivity contribution is 5.95. The molecule has 2 heterocycles. The van der Waals surface area contributed by atoms with E-state index >= 15 is 0 Å². The minimum absolute atomic E-state index is 0.0813. The number of nitrogens with zero attached hydrogens (tertiary/aromatic N) is 1. The Labute approximate surface area is 124 Å². The predicted octanol–water partition coefficient (Wildman–Crippen LogP) is 0.732. The molecule has 1 amide bonds. The van der Waals surface area contributed by atoms with Crippen molar-refractivity contribution < 1.29 is 9.53 Å². The van der Waals surface area contributed by atoms with Crippen molar-refractivity contribution in [2.24, 2.45) is 11.7 Å². The lowest BCUT2D eigenvalue weighted by Crippen LogP contribution is -2.54. The Morgan fingerprint density at radius 2 is 2.38 bits per heavy atom. The number of benzene rings is 1. The fraction of sp³-hybridized carbons (Fsp3) is 0.562.